The van der Waals surface area contributed by atoms with Crippen LogP contribution in [0.2, 0.25) is 0 Å². The summed E-state index contributed by atoms with van der Waals surface area (Å²) >= 11 is 3.45. The SMILES string of the molecule is Cc1cccc(C(=O)NCC(=O)N/N=C/c2cn(-c3ccccc3)nc2-c2ccc(Br)cc2)c1. The van der Waals surface area contributed by atoms with Gasteiger partial charge in [-0.25, -0.2) is 10.1 Å². The highest BCUT2D eigenvalue weighted by atomic mass is 79.9. The van der Waals surface area contributed by atoms with Crippen molar-refractivity contribution in [1.29, 1.82) is 0 Å². The third-order valence-electron chi connectivity index (χ3n) is 4.96. The number of amides is 2. The van der Waals surface area contributed by atoms with Crippen LogP contribution in [0.4, 0.5) is 0 Å². The number of carbonyl (C=O) groups is 2. The minimum Gasteiger partial charge on any atom is -0.343 e. The molecule has 1 aromatic heterocycles. The second kappa shape index (κ2) is 10.7. The summed E-state index contributed by atoms with van der Waals surface area (Å²) in [6.07, 6.45) is 3.39. The summed E-state index contributed by atoms with van der Waals surface area (Å²) in [5.41, 5.74) is 7.21. The first-order valence-corrected chi connectivity index (χ1v) is 11.4. The van der Waals surface area contributed by atoms with Crippen LogP contribution in [0, 0.1) is 6.92 Å². The van der Waals surface area contributed by atoms with Crippen molar-refractivity contribution in [3.63, 3.8) is 0 Å². The van der Waals surface area contributed by atoms with Gasteiger partial charge in [-0.1, -0.05) is 64.0 Å². The van der Waals surface area contributed by atoms with Crippen molar-refractivity contribution in [2.24, 2.45) is 5.10 Å². The van der Waals surface area contributed by atoms with Crippen LogP contribution in [-0.2, 0) is 4.79 Å². The molecular weight excluding hydrogens is 494 g/mol. The second-order valence-corrected chi connectivity index (χ2v) is 8.48. The Morgan fingerprint density at radius 1 is 1.03 bits per heavy atom. The van der Waals surface area contributed by atoms with Crippen LogP contribution >= 0.6 is 15.9 Å². The van der Waals surface area contributed by atoms with Crippen molar-refractivity contribution in [1.82, 2.24) is 20.5 Å². The Bertz CT molecular complexity index is 1330. The van der Waals surface area contributed by atoms with E-state index in [2.05, 4.69) is 31.8 Å². The first-order valence-electron chi connectivity index (χ1n) is 10.6. The average molecular weight is 516 g/mol. The lowest BCUT2D eigenvalue weighted by atomic mass is 10.1. The van der Waals surface area contributed by atoms with E-state index in [0.29, 0.717) is 5.56 Å². The third kappa shape index (κ3) is 5.85. The molecule has 0 spiro atoms. The fourth-order valence-corrected chi connectivity index (χ4v) is 3.55. The molecule has 2 N–H and O–H groups in total. The fraction of sp³-hybridized carbons (Fsp3) is 0.0769. The van der Waals surface area contributed by atoms with Crippen LogP contribution in [0.3, 0.4) is 0 Å². The predicted octanol–water partition coefficient (Wildman–Crippen LogP) is 4.49. The van der Waals surface area contributed by atoms with Crippen molar-refractivity contribution in [2.45, 2.75) is 6.92 Å². The third-order valence-corrected chi connectivity index (χ3v) is 5.49. The molecule has 0 bridgehead atoms. The summed E-state index contributed by atoms with van der Waals surface area (Å²) in [6, 6.07) is 24.7. The molecule has 7 nitrogen and oxygen atoms in total. The Morgan fingerprint density at radius 3 is 2.53 bits per heavy atom. The number of hydrogen-bond donors (Lipinski definition) is 2. The van der Waals surface area contributed by atoms with Gasteiger partial charge in [0.1, 0.15) is 5.69 Å². The van der Waals surface area contributed by atoms with Crippen molar-refractivity contribution in [3.8, 4) is 16.9 Å². The molecule has 0 unspecified atom stereocenters. The summed E-state index contributed by atoms with van der Waals surface area (Å²) in [6.45, 7) is 1.72. The number of carbonyl (C=O) groups excluding carboxylic acids is 2. The lowest BCUT2D eigenvalue weighted by Crippen LogP contribution is -2.34. The highest BCUT2D eigenvalue weighted by Crippen LogP contribution is 2.24. The minimum atomic E-state index is -0.433. The molecule has 34 heavy (non-hydrogen) atoms. The van der Waals surface area contributed by atoms with Crippen LogP contribution in [-0.4, -0.2) is 34.4 Å². The van der Waals surface area contributed by atoms with Crippen LogP contribution in [0.25, 0.3) is 16.9 Å². The van der Waals surface area contributed by atoms with E-state index in [0.717, 1.165) is 32.5 Å². The van der Waals surface area contributed by atoms with Gasteiger partial charge in [0.05, 0.1) is 18.4 Å². The maximum atomic E-state index is 12.2. The van der Waals surface area contributed by atoms with E-state index < -0.39 is 5.91 Å². The lowest BCUT2D eigenvalue weighted by molar-refractivity contribution is -0.120. The normalized spacial score (nSPS) is 10.9. The maximum absolute atomic E-state index is 12.2. The van der Waals surface area contributed by atoms with Gasteiger partial charge in [0, 0.05) is 27.4 Å². The second-order valence-electron chi connectivity index (χ2n) is 7.57. The number of aromatic nitrogens is 2. The van der Waals surface area contributed by atoms with Gasteiger partial charge >= 0.3 is 0 Å². The van der Waals surface area contributed by atoms with E-state index >= 15 is 0 Å². The molecule has 0 aliphatic rings. The molecule has 2 amide bonds. The van der Waals surface area contributed by atoms with Gasteiger partial charge in [-0.3, -0.25) is 9.59 Å². The number of nitrogens with zero attached hydrogens (tertiary/aromatic N) is 3. The zero-order valence-electron chi connectivity index (χ0n) is 18.4. The van der Waals surface area contributed by atoms with Gasteiger partial charge in [0.2, 0.25) is 0 Å². The molecule has 4 aromatic rings. The summed E-state index contributed by atoms with van der Waals surface area (Å²) < 4.78 is 2.73. The monoisotopic (exact) mass is 515 g/mol. The zero-order valence-corrected chi connectivity index (χ0v) is 20.0. The molecule has 3 aromatic carbocycles. The van der Waals surface area contributed by atoms with Gasteiger partial charge in [-0.05, 0) is 43.3 Å². The molecule has 0 radical (unpaired) electrons. The van der Waals surface area contributed by atoms with Gasteiger partial charge < -0.3 is 5.32 Å². The molecule has 0 saturated carbocycles. The lowest BCUT2D eigenvalue weighted by Gasteiger charge is -2.05. The topological polar surface area (TPSA) is 88.4 Å². The van der Waals surface area contributed by atoms with E-state index in [1.165, 1.54) is 0 Å². The average Bonchev–Trinajstić information content (AvgIpc) is 3.27. The summed E-state index contributed by atoms with van der Waals surface area (Å²) in [4.78, 5) is 24.4. The molecule has 0 aliphatic heterocycles. The van der Waals surface area contributed by atoms with Crippen LogP contribution < -0.4 is 10.7 Å². The number of hydrazone groups is 1. The Hall–Kier alpha value is -4.04. The summed E-state index contributed by atoms with van der Waals surface area (Å²) in [5, 5.41) is 11.4. The van der Waals surface area contributed by atoms with E-state index in [1.807, 2.05) is 73.8 Å². The van der Waals surface area contributed by atoms with Crippen molar-refractivity contribution in [3.05, 3.63) is 106 Å². The number of benzene rings is 3. The van der Waals surface area contributed by atoms with E-state index in [-0.39, 0.29) is 12.5 Å². The number of para-hydroxylation sites is 1. The van der Waals surface area contributed by atoms with Gasteiger partial charge in [-0.2, -0.15) is 10.2 Å². The van der Waals surface area contributed by atoms with Crippen molar-refractivity contribution >= 4 is 34.0 Å². The largest absolute Gasteiger partial charge is 0.343 e. The van der Waals surface area contributed by atoms with E-state index in [1.54, 1.807) is 29.1 Å². The molecule has 0 fully saturated rings. The number of hydrogen-bond acceptors (Lipinski definition) is 4. The van der Waals surface area contributed by atoms with Gasteiger partial charge in [0.15, 0.2) is 0 Å². The molecule has 1 heterocycles. The van der Waals surface area contributed by atoms with Gasteiger partial charge in [-0.15, -0.1) is 0 Å². The molecule has 170 valence electrons. The van der Waals surface area contributed by atoms with Crippen molar-refractivity contribution < 1.29 is 9.59 Å². The first kappa shape index (κ1) is 23.1. The smallest absolute Gasteiger partial charge is 0.259 e. The van der Waals surface area contributed by atoms with E-state index in [9.17, 15) is 9.59 Å². The van der Waals surface area contributed by atoms with Crippen molar-refractivity contribution in [2.75, 3.05) is 6.54 Å². The molecule has 0 atom stereocenters. The molecular formula is C26H22BrN5O2. The number of halogens is 1. The van der Waals surface area contributed by atoms with E-state index in [4.69, 9.17) is 5.10 Å². The Labute approximate surface area is 205 Å². The molecule has 4 rings (SSSR count). The molecule has 0 saturated heterocycles. The molecule has 0 aliphatic carbocycles. The number of rotatable bonds is 7. The first-order chi connectivity index (χ1) is 16.5. The summed E-state index contributed by atoms with van der Waals surface area (Å²) in [5.74, 6) is -0.748. The minimum absolute atomic E-state index is 0.188. The molecule has 8 heteroatoms. The fourth-order valence-electron chi connectivity index (χ4n) is 3.29. The number of aryl methyl sites for hydroxylation is 1. The van der Waals surface area contributed by atoms with Crippen LogP contribution in [0.15, 0.2) is 94.6 Å². The Kier molecular flexibility index (Phi) is 7.29. The van der Waals surface area contributed by atoms with Gasteiger partial charge in [0.25, 0.3) is 11.8 Å². The summed E-state index contributed by atoms with van der Waals surface area (Å²) in [7, 11) is 0. The quantitative estimate of drug-likeness (QED) is 0.280. The predicted molar refractivity (Wildman–Crippen MR) is 136 cm³/mol. The Balaban J connectivity index is 1.46. The zero-order chi connectivity index (χ0) is 23.9. The van der Waals surface area contributed by atoms with Crippen LogP contribution in [0.5, 0.6) is 0 Å². The standard InChI is InChI=1S/C26H22BrN5O2/c1-18-6-5-7-20(14-18)26(34)28-16-24(33)30-29-15-21-17-32(23-8-3-2-4-9-23)31-25(21)19-10-12-22(27)13-11-19/h2-15,17H,16H2,1H3,(H,28,34)(H,30,33)/b29-15+. The highest BCUT2D eigenvalue weighted by molar-refractivity contribution is 9.10. The van der Waals surface area contributed by atoms with Crippen LogP contribution in [0.1, 0.15) is 21.5 Å². The number of nitrogens with one attached hydrogen (secondary N) is 2. The maximum Gasteiger partial charge on any atom is 0.259 e. The highest BCUT2D eigenvalue weighted by Gasteiger charge is 2.12. The Morgan fingerprint density at radius 2 is 1.79 bits per heavy atom.